The van der Waals surface area contributed by atoms with Gasteiger partial charge in [0.25, 0.3) is 0 Å². The third kappa shape index (κ3) is 2.88. The third-order valence-electron chi connectivity index (χ3n) is 3.32. The highest BCUT2D eigenvalue weighted by Crippen LogP contribution is 2.22. The number of halogens is 1. The maximum absolute atomic E-state index is 12.4. The van der Waals surface area contributed by atoms with Gasteiger partial charge in [-0.25, -0.2) is 4.98 Å². The van der Waals surface area contributed by atoms with Crippen LogP contribution in [0.2, 0.25) is 0 Å². The quantitative estimate of drug-likeness (QED) is 0.679. The molecule has 2 aromatic heterocycles. The molecule has 5 heteroatoms. The van der Waals surface area contributed by atoms with Gasteiger partial charge in [0.2, 0.25) is 0 Å². The van der Waals surface area contributed by atoms with Crippen LogP contribution in [0.15, 0.2) is 47.2 Å². The molecule has 0 atom stereocenters. The first-order valence-corrected chi connectivity index (χ1v) is 7.56. The second-order valence-electron chi connectivity index (χ2n) is 4.82. The zero-order valence-electron chi connectivity index (χ0n) is 11.6. The van der Waals surface area contributed by atoms with Gasteiger partial charge in [0, 0.05) is 29.0 Å². The number of pyridine rings is 1. The summed E-state index contributed by atoms with van der Waals surface area (Å²) in [6, 6.07) is 9.70. The van der Waals surface area contributed by atoms with Crippen LogP contribution in [0, 0.1) is 0 Å². The summed E-state index contributed by atoms with van der Waals surface area (Å²) in [6.45, 7) is 2.81. The number of aromatic nitrogens is 3. The van der Waals surface area contributed by atoms with E-state index in [1.54, 1.807) is 6.20 Å². The van der Waals surface area contributed by atoms with Crippen molar-refractivity contribution in [2.75, 3.05) is 0 Å². The molecule has 0 bridgehead atoms. The molecule has 0 aliphatic carbocycles. The van der Waals surface area contributed by atoms with Gasteiger partial charge < -0.3 is 0 Å². The largest absolute Gasteiger partial charge is 0.292 e. The van der Waals surface area contributed by atoms with Crippen LogP contribution in [0.25, 0.3) is 10.9 Å². The second-order valence-corrected chi connectivity index (χ2v) is 5.67. The fourth-order valence-electron chi connectivity index (χ4n) is 2.23. The minimum atomic E-state index is -0.0109. The molecule has 0 aliphatic rings. The van der Waals surface area contributed by atoms with Crippen LogP contribution in [0.1, 0.15) is 23.0 Å². The van der Waals surface area contributed by atoms with E-state index < -0.39 is 0 Å². The van der Waals surface area contributed by atoms with Crippen LogP contribution < -0.4 is 0 Å². The average molecular weight is 344 g/mol. The number of para-hydroxylation sites is 1. The molecule has 0 amide bonds. The highest BCUT2D eigenvalue weighted by atomic mass is 79.9. The molecular formula is C16H14BrN3O. The first-order chi connectivity index (χ1) is 10.2. The van der Waals surface area contributed by atoms with Gasteiger partial charge in [-0.2, -0.15) is 5.10 Å². The highest BCUT2D eigenvalue weighted by Gasteiger charge is 2.14. The van der Waals surface area contributed by atoms with Crippen molar-refractivity contribution in [3.05, 3.63) is 58.5 Å². The van der Waals surface area contributed by atoms with Crippen LogP contribution in [0.5, 0.6) is 0 Å². The molecule has 0 fully saturated rings. The molecule has 3 aromatic rings. The van der Waals surface area contributed by atoms with Crippen molar-refractivity contribution in [3.63, 3.8) is 0 Å². The number of carbonyl (C=O) groups is 1. The Morgan fingerprint density at radius 3 is 2.90 bits per heavy atom. The number of rotatable bonds is 4. The number of carbonyl (C=O) groups excluding carboxylic acids is 1. The molecule has 0 radical (unpaired) electrons. The molecule has 4 nitrogen and oxygen atoms in total. The Kier molecular flexibility index (Phi) is 3.84. The lowest BCUT2D eigenvalue weighted by molar-refractivity contribution is 0.0988. The smallest absolute Gasteiger partial charge is 0.186 e. The van der Waals surface area contributed by atoms with Gasteiger partial charge in [0.05, 0.1) is 11.7 Å². The number of hydrogen-bond donors (Lipinski definition) is 0. The molecule has 0 saturated heterocycles. The second kappa shape index (κ2) is 5.77. The lowest BCUT2D eigenvalue weighted by atomic mass is 10.1. The van der Waals surface area contributed by atoms with E-state index >= 15 is 0 Å². The predicted octanol–water partition coefficient (Wildman–Crippen LogP) is 3.64. The lowest BCUT2D eigenvalue weighted by Crippen LogP contribution is -2.07. The van der Waals surface area contributed by atoms with Gasteiger partial charge in [0.15, 0.2) is 5.78 Å². The summed E-state index contributed by atoms with van der Waals surface area (Å²) in [5.41, 5.74) is 2.20. The number of aryl methyl sites for hydroxylation is 1. The van der Waals surface area contributed by atoms with E-state index in [0.717, 1.165) is 27.5 Å². The molecule has 1 aromatic carbocycles. The topological polar surface area (TPSA) is 47.8 Å². The zero-order chi connectivity index (χ0) is 14.8. The molecule has 0 aliphatic heterocycles. The zero-order valence-corrected chi connectivity index (χ0v) is 13.2. The van der Waals surface area contributed by atoms with Crippen molar-refractivity contribution in [1.29, 1.82) is 0 Å². The minimum Gasteiger partial charge on any atom is -0.292 e. The van der Waals surface area contributed by atoms with Crippen molar-refractivity contribution < 1.29 is 4.79 Å². The van der Waals surface area contributed by atoms with E-state index in [1.807, 2.05) is 48.1 Å². The predicted molar refractivity (Wildman–Crippen MR) is 85.4 cm³/mol. The SMILES string of the molecule is CCn1cc(CC(=O)c2nc3ccccc3cc2Br)cn1. The number of nitrogens with zero attached hydrogens (tertiary/aromatic N) is 3. The lowest BCUT2D eigenvalue weighted by Gasteiger charge is -2.04. The van der Waals surface area contributed by atoms with E-state index in [0.29, 0.717) is 12.1 Å². The molecule has 21 heavy (non-hydrogen) atoms. The molecule has 106 valence electrons. The summed E-state index contributed by atoms with van der Waals surface area (Å²) in [6.07, 6.45) is 3.94. The maximum Gasteiger partial charge on any atom is 0.186 e. The Bertz CT molecular complexity index is 810. The fourth-order valence-corrected chi connectivity index (χ4v) is 2.78. The molecule has 2 heterocycles. The number of fused-ring (bicyclic) bond motifs is 1. The molecular weight excluding hydrogens is 330 g/mol. The van der Waals surface area contributed by atoms with E-state index in [-0.39, 0.29) is 5.78 Å². The van der Waals surface area contributed by atoms with Crippen LogP contribution in [-0.2, 0) is 13.0 Å². The molecule has 0 saturated carbocycles. The van der Waals surface area contributed by atoms with Crippen LogP contribution in [0.3, 0.4) is 0 Å². The molecule has 0 spiro atoms. The Labute approximate surface area is 130 Å². The fraction of sp³-hybridized carbons (Fsp3) is 0.188. The summed E-state index contributed by atoms with van der Waals surface area (Å²) in [5.74, 6) is -0.0109. The first-order valence-electron chi connectivity index (χ1n) is 6.77. The summed E-state index contributed by atoms with van der Waals surface area (Å²) in [4.78, 5) is 16.9. The Morgan fingerprint density at radius 1 is 1.33 bits per heavy atom. The summed E-state index contributed by atoms with van der Waals surface area (Å²) < 4.78 is 2.54. The monoisotopic (exact) mass is 343 g/mol. The van der Waals surface area contributed by atoms with E-state index in [2.05, 4.69) is 26.0 Å². The van der Waals surface area contributed by atoms with Crippen molar-refractivity contribution in [3.8, 4) is 0 Å². The summed E-state index contributed by atoms with van der Waals surface area (Å²) in [7, 11) is 0. The van der Waals surface area contributed by atoms with Gasteiger partial charge in [-0.05, 0) is 40.5 Å². The normalized spacial score (nSPS) is 11.0. The first kappa shape index (κ1) is 13.9. The van der Waals surface area contributed by atoms with Gasteiger partial charge in [-0.3, -0.25) is 9.48 Å². The molecule has 0 N–H and O–H groups in total. The Morgan fingerprint density at radius 2 is 2.14 bits per heavy atom. The van der Waals surface area contributed by atoms with Crippen LogP contribution in [-0.4, -0.2) is 20.5 Å². The summed E-state index contributed by atoms with van der Waals surface area (Å²) in [5, 5.41) is 5.20. The van der Waals surface area contributed by atoms with Gasteiger partial charge in [-0.15, -0.1) is 0 Å². The molecule has 3 rings (SSSR count). The van der Waals surface area contributed by atoms with Gasteiger partial charge in [-0.1, -0.05) is 18.2 Å². The number of hydrogen-bond acceptors (Lipinski definition) is 3. The Hall–Kier alpha value is -2.01. The number of ketones is 1. The van der Waals surface area contributed by atoms with Crippen molar-refractivity contribution >= 4 is 32.6 Å². The van der Waals surface area contributed by atoms with Crippen molar-refractivity contribution in [2.24, 2.45) is 0 Å². The molecule has 0 unspecified atom stereocenters. The highest BCUT2D eigenvalue weighted by molar-refractivity contribution is 9.10. The van der Waals surface area contributed by atoms with E-state index in [1.165, 1.54) is 0 Å². The Balaban J connectivity index is 1.91. The van der Waals surface area contributed by atoms with Gasteiger partial charge >= 0.3 is 0 Å². The average Bonchev–Trinajstić information content (AvgIpc) is 2.94. The van der Waals surface area contributed by atoms with Crippen LogP contribution >= 0.6 is 15.9 Å². The maximum atomic E-state index is 12.4. The third-order valence-corrected chi connectivity index (χ3v) is 3.92. The van der Waals surface area contributed by atoms with E-state index in [9.17, 15) is 4.79 Å². The van der Waals surface area contributed by atoms with Crippen molar-refractivity contribution in [1.82, 2.24) is 14.8 Å². The number of Topliss-reactive ketones (excluding diaryl/α,β-unsaturated/α-hetero) is 1. The van der Waals surface area contributed by atoms with E-state index in [4.69, 9.17) is 0 Å². The number of benzene rings is 1. The minimum absolute atomic E-state index is 0.0109. The van der Waals surface area contributed by atoms with Crippen LogP contribution in [0.4, 0.5) is 0 Å². The van der Waals surface area contributed by atoms with Gasteiger partial charge in [0.1, 0.15) is 5.69 Å². The summed E-state index contributed by atoms with van der Waals surface area (Å²) >= 11 is 3.45. The van der Waals surface area contributed by atoms with Crippen molar-refractivity contribution in [2.45, 2.75) is 19.9 Å². The standard InChI is InChI=1S/C16H14BrN3O/c1-2-20-10-11(9-18-20)7-15(21)16-13(17)8-12-5-3-4-6-14(12)19-16/h3-6,8-10H,2,7H2,1H3.